The van der Waals surface area contributed by atoms with Crippen LogP contribution in [-0.2, 0) is 4.79 Å². The number of carbonyl (C=O) groups is 1. The van der Waals surface area contributed by atoms with Crippen LogP contribution in [0.3, 0.4) is 0 Å². The highest BCUT2D eigenvalue weighted by atomic mass is 35.5. The third-order valence-corrected chi connectivity index (χ3v) is 3.88. The first-order valence-electron chi connectivity index (χ1n) is 6.29. The molecule has 1 aromatic heterocycles. The molecule has 0 radical (unpaired) electrons. The molecule has 0 spiro atoms. The molecule has 7 heteroatoms. The first kappa shape index (κ1) is 14.1. The Bertz CT molecular complexity index is 726. The lowest BCUT2D eigenvalue weighted by molar-refractivity contribution is -0.117. The van der Waals surface area contributed by atoms with Gasteiger partial charge in [0.25, 0.3) is 0 Å². The van der Waals surface area contributed by atoms with Crippen LogP contribution in [-0.4, -0.2) is 22.7 Å². The first-order chi connectivity index (χ1) is 9.99. The molecule has 2 heterocycles. The van der Waals surface area contributed by atoms with E-state index >= 15 is 0 Å². The summed E-state index contributed by atoms with van der Waals surface area (Å²) in [6, 6.07) is 4.65. The summed E-state index contributed by atoms with van der Waals surface area (Å²) in [4.78, 5) is 13.0. The third kappa shape index (κ3) is 2.32. The van der Waals surface area contributed by atoms with E-state index in [0.29, 0.717) is 30.0 Å². The van der Waals surface area contributed by atoms with Gasteiger partial charge < -0.3 is 14.6 Å². The average Bonchev–Trinajstić information content (AvgIpc) is 2.97. The molecule has 1 aliphatic heterocycles. The second kappa shape index (κ2) is 5.16. The number of hydrogen-bond donors (Lipinski definition) is 2. The average molecular weight is 328 g/mol. The predicted molar refractivity (Wildman–Crippen MR) is 79.1 cm³/mol. The Hall–Kier alpha value is -1.85. The fourth-order valence-corrected chi connectivity index (χ4v) is 2.80. The topological polar surface area (TPSA) is 73.9 Å². The third-order valence-electron chi connectivity index (χ3n) is 3.34. The normalized spacial score (nSPS) is 15.0. The lowest BCUT2D eigenvalue weighted by Gasteiger charge is -2.11. The largest absolute Gasteiger partial charge is 0.502 e. The van der Waals surface area contributed by atoms with Crippen LogP contribution in [0.15, 0.2) is 22.6 Å². The van der Waals surface area contributed by atoms with Gasteiger partial charge in [0.05, 0.1) is 5.02 Å². The number of benzene rings is 1. The Morgan fingerprint density at radius 1 is 1.19 bits per heavy atom. The lowest BCUT2D eigenvalue weighted by Crippen LogP contribution is -2.23. The van der Waals surface area contributed by atoms with E-state index in [2.05, 4.69) is 0 Å². The Balaban J connectivity index is 2.10. The number of nitrogens with zero attached hydrogens (tertiary/aromatic N) is 1. The highest BCUT2D eigenvalue weighted by Gasteiger charge is 2.31. The van der Waals surface area contributed by atoms with E-state index in [9.17, 15) is 15.0 Å². The zero-order chi connectivity index (χ0) is 15.1. The van der Waals surface area contributed by atoms with Gasteiger partial charge in [-0.3, -0.25) is 9.69 Å². The molecule has 0 atom stereocenters. The van der Waals surface area contributed by atoms with Crippen molar-refractivity contribution in [1.29, 1.82) is 0 Å². The van der Waals surface area contributed by atoms with E-state index < -0.39 is 11.5 Å². The minimum absolute atomic E-state index is 0.00358. The summed E-state index contributed by atoms with van der Waals surface area (Å²) in [6.45, 7) is 0.438. The molecule has 1 amide bonds. The van der Waals surface area contributed by atoms with Gasteiger partial charge in [-0.05, 0) is 24.6 Å². The second-order valence-corrected chi connectivity index (χ2v) is 5.55. The van der Waals surface area contributed by atoms with Crippen LogP contribution in [0.5, 0.6) is 11.5 Å². The van der Waals surface area contributed by atoms with Crippen molar-refractivity contribution in [2.75, 3.05) is 11.4 Å². The molecule has 0 saturated carbocycles. The van der Waals surface area contributed by atoms with Gasteiger partial charge in [-0.2, -0.15) is 0 Å². The fraction of sp³-hybridized carbons (Fsp3) is 0.214. The molecule has 1 fully saturated rings. The number of anilines is 1. The molecule has 2 aromatic rings. The van der Waals surface area contributed by atoms with E-state index in [1.165, 1.54) is 11.0 Å². The van der Waals surface area contributed by atoms with Gasteiger partial charge in [-0.1, -0.05) is 23.2 Å². The van der Waals surface area contributed by atoms with Crippen molar-refractivity contribution in [3.05, 3.63) is 28.2 Å². The van der Waals surface area contributed by atoms with Gasteiger partial charge in [0.15, 0.2) is 5.76 Å². The van der Waals surface area contributed by atoms with E-state index in [1.807, 2.05) is 0 Å². The van der Waals surface area contributed by atoms with Crippen molar-refractivity contribution in [1.82, 2.24) is 0 Å². The van der Waals surface area contributed by atoms with Crippen LogP contribution in [0.25, 0.3) is 11.3 Å². The van der Waals surface area contributed by atoms with Crippen LogP contribution < -0.4 is 4.90 Å². The molecule has 1 aromatic carbocycles. The Morgan fingerprint density at radius 2 is 1.95 bits per heavy atom. The fourth-order valence-electron chi connectivity index (χ4n) is 2.30. The molecule has 110 valence electrons. The quantitative estimate of drug-likeness (QED) is 0.879. The molecule has 5 nitrogen and oxygen atoms in total. The zero-order valence-electron chi connectivity index (χ0n) is 10.8. The Labute approximate surface area is 130 Å². The Kier molecular flexibility index (Phi) is 3.47. The second-order valence-electron chi connectivity index (χ2n) is 4.71. The smallest absolute Gasteiger partial charge is 0.249 e. The van der Waals surface area contributed by atoms with E-state index in [-0.39, 0.29) is 22.6 Å². The molecule has 21 heavy (non-hydrogen) atoms. The molecular formula is C14H11Cl2NO4. The summed E-state index contributed by atoms with van der Waals surface area (Å²) in [5.74, 6) is -1.13. The highest BCUT2D eigenvalue weighted by molar-refractivity contribution is 6.36. The minimum Gasteiger partial charge on any atom is -0.502 e. The molecule has 0 unspecified atom stereocenters. The predicted octanol–water partition coefficient (Wildman–Crippen LogP) is 3.79. The van der Waals surface area contributed by atoms with Crippen LogP contribution in [0.4, 0.5) is 5.88 Å². The van der Waals surface area contributed by atoms with Gasteiger partial charge in [0.2, 0.25) is 23.3 Å². The van der Waals surface area contributed by atoms with Crippen LogP contribution >= 0.6 is 23.2 Å². The number of halogens is 2. The molecule has 2 N–H and O–H groups in total. The summed E-state index contributed by atoms with van der Waals surface area (Å²) < 4.78 is 5.48. The van der Waals surface area contributed by atoms with Crippen LogP contribution in [0.1, 0.15) is 12.8 Å². The molecule has 3 rings (SSSR count). The van der Waals surface area contributed by atoms with E-state index in [4.69, 9.17) is 27.6 Å². The van der Waals surface area contributed by atoms with Crippen molar-refractivity contribution in [3.8, 4) is 22.8 Å². The van der Waals surface area contributed by atoms with E-state index in [1.54, 1.807) is 12.1 Å². The SMILES string of the molecule is O=C1CCCN1c1oc(-c2ccc(Cl)cc2Cl)c(O)c1O. The van der Waals surface area contributed by atoms with Crippen molar-refractivity contribution >= 4 is 35.0 Å². The van der Waals surface area contributed by atoms with Crippen LogP contribution in [0.2, 0.25) is 10.0 Å². The van der Waals surface area contributed by atoms with Gasteiger partial charge >= 0.3 is 0 Å². The van der Waals surface area contributed by atoms with Gasteiger partial charge in [-0.25, -0.2) is 0 Å². The standard InChI is InChI=1S/C14H11Cl2NO4/c15-7-3-4-8(9(16)6-7)13-11(19)12(20)14(21-13)17-5-1-2-10(17)18/h3-4,6,19-20H,1-2,5H2. The van der Waals surface area contributed by atoms with Crippen molar-refractivity contribution in [2.24, 2.45) is 0 Å². The monoisotopic (exact) mass is 327 g/mol. The van der Waals surface area contributed by atoms with E-state index in [0.717, 1.165) is 0 Å². The lowest BCUT2D eigenvalue weighted by atomic mass is 10.1. The molecule has 0 aliphatic carbocycles. The first-order valence-corrected chi connectivity index (χ1v) is 7.05. The highest BCUT2D eigenvalue weighted by Crippen LogP contribution is 2.49. The minimum atomic E-state index is -0.466. The van der Waals surface area contributed by atoms with Crippen molar-refractivity contribution < 1.29 is 19.4 Å². The molecular weight excluding hydrogens is 317 g/mol. The van der Waals surface area contributed by atoms with Crippen LogP contribution in [0, 0.1) is 0 Å². The molecule has 1 saturated heterocycles. The number of carbonyl (C=O) groups excluding carboxylic acids is 1. The van der Waals surface area contributed by atoms with Crippen molar-refractivity contribution in [2.45, 2.75) is 12.8 Å². The van der Waals surface area contributed by atoms with Gasteiger partial charge in [0, 0.05) is 23.6 Å². The molecule has 0 bridgehead atoms. The Morgan fingerprint density at radius 3 is 2.57 bits per heavy atom. The van der Waals surface area contributed by atoms with Gasteiger partial charge in [-0.15, -0.1) is 0 Å². The summed E-state index contributed by atoms with van der Waals surface area (Å²) in [5.41, 5.74) is 0.381. The maximum absolute atomic E-state index is 11.7. The maximum atomic E-state index is 11.7. The zero-order valence-corrected chi connectivity index (χ0v) is 12.3. The van der Waals surface area contributed by atoms with Crippen molar-refractivity contribution in [3.63, 3.8) is 0 Å². The maximum Gasteiger partial charge on any atom is 0.249 e. The number of amides is 1. The number of hydrogen-bond acceptors (Lipinski definition) is 4. The number of furan rings is 1. The number of rotatable bonds is 2. The van der Waals surface area contributed by atoms with Gasteiger partial charge in [0.1, 0.15) is 0 Å². The summed E-state index contributed by atoms with van der Waals surface area (Å²) in [6.07, 6.45) is 1.06. The molecule has 1 aliphatic rings. The summed E-state index contributed by atoms with van der Waals surface area (Å²) >= 11 is 11.9. The summed E-state index contributed by atoms with van der Waals surface area (Å²) in [5, 5.41) is 20.7. The number of aromatic hydroxyl groups is 2. The summed E-state index contributed by atoms with van der Waals surface area (Å²) in [7, 11) is 0.